The Morgan fingerprint density at radius 3 is 2.44 bits per heavy atom. The molecule has 1 fully saturated rings. The van der Waals surface area contributed by atoms with Gasteiger partial charge in [0.05, 0.1) is 4.90 Å². The number of likely N-dealkylation sites (tertiary alicyclic amines) is 1. The summed E-state index contributed by atoms with van der Waals surface area (Å²) in [5.74, 6) is -0.0673. The van der Waals surface area contributed by atoms with Gasteiger partial charge in [-0.1, -0.05) is 29.8 Å². The average molecular weight is 376 g/mol. The Kier molecular flexibility index (Phi) is 3.81. The topological polar surface area (TPSA) is 67.6 Å². The summed E-state index contributed by atoms with van der Waals surface area (Å²) < 4.78 is 30.7. The van der Waals surface area contributed by atoms with Gasteiger partial charge in [0.15, 0.2) is 15.6 Å². The van der Waals surface area contributed by atoms with Gasteiger partial charge < -0.3 is 9.32 Å². The highest BCUT2D eigenvalue weighted by Crippen LogP contribution is 2.27. The van der Waals surface area contributed by atoms with Crippen LogP contribution >= 0.6 is 11.6 Å². The van der Waals surface area contributed by atoms with Crippen LogP contribution in [-0.2, 0) is 9.84 Å². The van der Waals surface area contributed by atoms with E-state index in [0.29, 0.717) is 10.6 Å². The maximum Gasteiger partial charge on any atom is 0.289 e. The number of fused-ring (bicyclic) bond motifs is 1. The highest BCUT2D eigenvalue weighted by atomic mass is 35.5. The number of carbonyl (C=O) groups excluding carboxylic acids is 1. The number of para-hydroxylation sites is 1. The predicted octanol–water partition coefficient (Wildman–Crippen LogP) is 3.38. The van der Waals surface area contributed by atoms with Crippen LogP contribution in [0.4, 0.5) is 0 Å². The fourth-order valence-electron chi connectivity index (χ4n) is 2.86. The molecule has 1 aliphatic rings. The van der Waals surface area contributed by atoms with Gasteiger partial charge in [-0.25, -0.2) is 8.42 Å². The number of halogens is 1. The summed E-state index contributed by atoms with van der Waals surface area (Å²) in [6.07, 6.45) is 0. The number of nitrogens with zero attached hydrogens (tertiary/aromatic N) is 1. The fraction of sp³-hybridized carbons (Fsp3) is 0.167. The van der Waals surface area contributed by atoms with Crippen LogP contribution in [0.2, 0.25) is 5.02 Å². The molecule has 1 amide bonds. The Morgan fingerprint density at radius 2 is 1.76 bits per heavy atom. The summed E-state index contributed by atoms with van der Waals surface area (Å²) in [5.41, 5.74) is 0.636. The molecule has 0 spiro atoms. The van der Waals surface area contributed by atoms with Gasteiger partial charge in [-0.05, 0) is 36.4 Å². The van der Waals surface area contributed by atoms with Crippen molar-refractivity contribution in [2.24, 2.45) is 0 Å². The first-order valence-electron chi connectivity index (χ1n) is 7.72. The minimum atomic E-state index is -3.48. The van der Waals surface area contributed by atoms with Crippen LogP contribution in [0.3, 0.4) is 0 Å². The highest BCUT2D eigenvalue weighted by molar-refractivity contribution is 7.92. The number of hydrogen-bond acceptors (Lipinski definition) is 4. The molecule has 0 bridgehead atoms. The second kappa shape index (κ2) is 5.89. The Bertz CT molecular complexity index is 1020. The Hall–Kier alpha value is -2.31. The normalized spacial score (nSPS) is 15.3. The monoisotopic (exact) mass is 375 g/mol. The van der Waals surface area contributed by atoms with E-state index < -0.39 is 15.1 Å². The van der Waals surface area contributed by atoms with Gasteiger partial charge in [0.1, 0.15) is 10.8 Å². The molecule has 1 saturated heterocycles. The molecule has 4 rings (SSSR count). The van der Waals surface area contributed by atoms with E-state index >= 15 is 0 Å². The van der Waals surface area contributed by atoms with Gasteiger partial charge in [-0.15, -0.1) is 0 Å². The van der Waals surface area contributed by atoms with Crippen molar-refractivity contribution in [2.45, 2.75) is 10.1 Å². The van der Waals surface area contributed by atoms with Crippen molar-refractivity contribution in [3.63, 3.8) is 0 Å². The molecule has 2 heterocycles. The molecule has 0 unspecified atom stereocenters. The van der Waals surface area contributed by atoms with Crippen molar-refractivity contribution < 1.29 is 17.6 Å². The number of carbonyl (C=O) groups is 1. The number of amides is 1. The first kappa shape index (κ1) is 16.2. The SMILES string of the molecule is O=C(c1cc2ccccc2o1)N1CC(S(=O)(=O)c2ccc(Cl)cc2)C1. The van der Waals surface area contributed by atoms with Crippen LogP contribution < -0.4 is 0 Å². The standard InChI is InChI=1S/C18H14ClNO4S/c19-13-5-7-14(8-6-13)25(22,23)15-10-20(11-15)18(21)17-9-12-3-1-2-4-16(12)24-17/h1-9,15H,10-11H2. The van der Waals surface area contributed by atoms with Gasteiger partial charge >= 0.3 is 0 Å². The van der Waals surface area contributed by atoms with Crippen molar-refractivity contribution in [1.29, 1.82) is 0 Å². The number of sulfone groups is 1. The largest absolute Gasteiger partial charge is 0.451 e. The maximum atomic E-state index is 12.6. The Morgan fingerprint density at radius 1 is 1.08 bits per heavy atom. The Balaban J connectivity index is 1.49. The van der Waals surface area contributed by atoms with Gasteiger partial charge in [-0.2, -0.15) is 0 Å². The zero-order valence-electron chi connectivity index (χ0n) is 13.1. The Labute approximate surface area is 149 Å². The van der Waals surface area contributed by atoms with Crippen LogP contribution in [0.1, 0.15) is 10.6 Å². The van der Waals surface area contributed by atoms with Crippen LogP contribution in [0, 0.1) is 0 Å². The molecule has 0 radical (unpaired) electrons. The van der Waals surface area contributed by atoms with E-state index in [9.17, 15) is 13.2 Å². The summed E-state index contributed by atoms with van der Waals surface area (Å²) in [6.45, 7) is 0.307. The molecule has 25 heavy (non-hydrogen) atoms. The van der Waals surface area contributed by atoms with Crippen molar-refractivity contribution in [2.75, 3.05) is 13.1 Å². The molecular weight excluding hydrogens is 362 g/mol. The van der Waals surface area contributed by atoms with Crippen LogP contribution in [0.5, 0.6) is 0 Å². The van der Waals surface area contributed by atoms with E-state index in [1.165, 1.54) is 17.0 Å². The summed E-state index contributed by atoms with van der Waals surface area (Å²) >= 11 is 5.80. The molecule has 0 N–H and O–H groups in total. The molecule has 7 heteroatoms. The molecule has 0 atom stereocenters. The lowest BCUT2D eigenvalue weighted by atomic mass is 10.2. The lowest BCUT2D eigenvalue weighted by Crippen LogP contribution is -2.56. The number of rotatable bonds is 3. The molecule has 1 aliphatic heterocycles. The van der Waals surface area contributed by atoms with Gasteiger partial charge in [0, 0.05) is 23.5 Å². The van der Waals surface area contributed by atoms with Crippen molar-refractivity contribution >= 4 is 38.3 Å². The van der Waals surface area contributed by atoms with Crippen LogP contribution in [-0.4, -0.2) is 37.6 Å². The van der Waals surface area contributed by atoms with Crippen LogP contribution in [0.25, 0.3) is 11.0 Å². The minimum Gasteiger partial charge on any atom is -0.451 e. The molecule has 1 aromatic heterocycles. The molecular formula is C18H14ClNO4S. The molecule has 3 aromatic rings. The second-order valence-corrected chi connectivity index (χ2v) is 8.64. The van der Waals surface area contributed by atoms with E-state index in [4.69, 9.17) is 16.0 Å². The summed E-state index contributed by atoms with van der Waals surface area (Å²) in [7, 11) is -3.48. The molecule has 0 saturated carbocycles. The van der Waals surface area contributed by atoms with E-state index in [1.54, 1.807) is 24.3 Å². The first-order valence-corrected chi connectivity index (χ1v) is 9.65. The van der Waals surface area contributed by atoms with Crippen molar-refractivity contribution in [3.8, 4) is 0 Å². The number of benzene rings is 2. The van der Waals surface area contributed by atoms with E-state index in [1.807, 2.05) is 18.2 Å². The zero-order chi connectivity index (χ0) is 17.6. The number of furan rings is 1. The summed E-state index contributed by atoms with van der Waals surface area (Å²) in [4.78, 5) is 14.2. The third kappa shape index (κ3) is 2.81. The van der Waals surface area contributed by atoms with E-state index in [2.05, 4.69) is 0 Å². The van der Waals surface area contributed by atoms with E-state index in [0.717, 1.165) is 5.39 Å². The zero-order valence-corrected chi connectivity index (χ0v) is 14.6. The first-order chi connectivity index (χ1) is 11.9. The smallest absolute Gasteiger partial charge is 0.289 e. The predicted molar refractivity (Wildman–Crippen MR) is 94.5 cm³/mol. The summed E-state index contributed by atoms with van der Waals surface area (Å²) in [5, 5.41) is 0.716. The van der Waals surface area contributed by atoms with E-state index in [-0.39, 0.29) is 29.7 Å². The van der Waals surface area contributed by atoms with Gasteiger partial charge in [0.2, 0.25) is 0 Å². The lowest BCUT2D eigenvalue weighted by molar-refractivity contribution is 0.0628. The third-order valence-electron chi connectivity index (χ3n) is 4.35. The molecule has 5 nitrogen and oxygen atoms in total. The van der Waals surface area contributed by atoms with Gasteiger partial charge in [0.25, 0.3) is 5.91 Å². The minimum absolute atomic E-state index is 0.154. The van der Waals surface area contributed by atoms with Crippen LogP contribution in [0.15, 0.2) is 63.9 Å². The lowest BCUT2D eigenvalue weighted by Gasteiger charge is -2.38. The van der Waals surface area contributed by atoms with Gasteiger partial charge in [-0.3, -0.25) is 4.79 Å². The average Bonchev–Trinajstić information content (AvgIpc) is 2.97. The molecule has 2 aromatic carbocycles. The third-order valence-corrected chi connectivity index (χ3v) is 6.71. The molecule has 0 aliphatic carbocycles. The summed E-state index contributed by atoms with van der Waals surface area (Å²) in [6, 6.07) is 15.1. The number of hydrogen-bond donors (Lipinski definition) is 0. The highest BCUT2D eigenvalue weighted by Gasteiger charge is 2.41. The molecule has 128 valence electrons. The maximum absolute atomic E-state index is 12.6. The van der Waals surface area contributed by atoms with Crippen molar-refractivity contribution in [3.05, 3.63) is 65.4 Å². The quantitative estimate of drug-likeness (QED) is 0.703. The fourth-order valence-corrected chi connectivity index (χ4v) is 4.64. The second-order valence-electron chi connectivity index (χ2n) is 5.98. The van der Waals surface area contributed by atoms with Crippen molar-refractivity contribution in [1.82, 2.24) is 4.90 Å².